The summed E-state index contributed by atoms with van der Waals surface area (Å²) in [5.74, 6) is -4.52. The van der Waals surface area contributed by atoms with Crippen molar-refractivity contribution >= 4 is 68.3 Å². The molecule has 0 spiro atoms. The zero-order valence-corrected chi connectivity index (χ0v) is 25.6. The molecule has 3 aromatic carbocycles. The second-order valence-electron chi connectivity index (χ2n) is 9.73. The molecule has 16 heteroatoms. The van der Waals surface area contributed by atoms with Crippen LogP contribution in [-0.2, 0) is 24.2 Å². The zero-order valence-electron chi connectivity index (χ0n) is 22.4. The van der Waals surface area contributed by atoms with Crippen LogP contribution in [0.3, 0.4) is 0 Å². The maximum atomic E-state index is 13.8. The number of rotatable bonds is 10. The molecule has 0 radical (unpaired) electrons. The fourth-order valence-corrected chi connectivity index (χ4v) is 7.86. The van der Waals surface area contributed by atoms with Gasteiger partial charge in [-0.25, -0.2) is 18.4 Å². The molecule has 1 fully saturated rings. The minimum atomic E-state index is -4.29. The number of sulfone groups is 1. The molecule has 0 aromatic heterocycles. The number of nitrogens with one attached hydrogen (secondary N) is 1. The first-order valence-corrected chi connectivity index (χ1v) is 16.1. The molecule has 228 valence electrons. The van der Waals surface area contributed by atoms with Gasteiger partial charge in [0.1, 0.15) is 12.0 Å². The lowest BCUT2D eigenvalue weighted by Crippen LogP contribution is -2.44. The number of aliphatic carboxylic acids is 1. The summed E-state index contributed by atoms with van der Waals surface area (Å²) in [6, 6.07) is 15.7. The molecular formula is C28H22Cl2N4O8S2. The van der Waals surface area contributed by atoms with Crippen molar-refractivity contribution in [1.29, 1.82) is 0 Å². The van der Waals surface area contributed by atoms with Gasteiger partial charge in [0.25, 0.3) is 11.6 Å². The zero-order chi connectivity index (χ0) is 31.8. The molecule has 2 atom stereocenters. The molecule has 44 heavy (non-hydrogen) atoms. The third-order valence-electron chi connectivity index (χ3n) is 6.95. The highest BCUT2D eigenvalue weighted by atomic mass is 35.5. The van der Waals surface area contributed by atoms with Gasteiger partial charge < -0.3 is 10.4 Å². The average Bonchev–Trinajstić information content (AvgIpc) is 3.50. The van der Waals surface area contributed by atoms with Gasteiger partial charge in [0.05, 0.1) is 37.7 Å². The first kappa shape index (κ1) is 31.5. The Kier molecular flexibility index (Phi) is 9.00. The molecule has 0 saturated carbocycles. The number of carbonyl (C=O) groups excluding carboxylic acids is 2. The number of non-ortho nitro benzene ring substituents is 1. The van der Waals surface area contributed by atoms with E-state index in [0.29, 0.717) is 14.9 Å². The van der Waals surface area contributed by atoms with Crippen molar-refractivity contribution in [2.45, 2.75) is 21.8 Å². The van der Waals surface area contributed by atoms with E-state index in [1.165, 1.54) is 41.4 Å². The van der Waals surface area contributed by atoms with E-state index in [1.54, 1.807) is 24.3 Å². The lowest BCUT2D eigenvalue weighted by molar-refractivity contribution is -0.384. The highest BCUT2D eigenvalue weighted by Crippen LogP contribution is 2.42. The Morgan fingerprint density at radius 1 is 1.09 bits per heavy atom. The maximum Gasteiger partial charge on any atom is 0.317 e. The minimum absolute atomic E-state index is 0.0239. The van der Waals surface area contributed by atoms with Crippen molar-refractivity contribution in [3.63, 3.8) is 0 Å². The molecule has 1 saturated heterocycles. The van der Waals surface area contributed by atoms with E-state index in [0.717, 1.165) is 28.9 Å². The monoisotopic (exact) mass is 676 g/mol. The van der Waals surface area contributed by atoms with Gasteiger partial charge in [-0.3, -0.25) is 24.5 Å². The number of carboxylic acids is 1. The van der Waals surface area contributed by atoms with Crippen LogP contribution in [0.5, 0.6) is 0 Å². The number of amides is 2. The maximum absolute atomic E-state index is 13.8. The quantitative estimate of drug-likeness (QED) is 0.181. The minimum Gasteiger partial charge on any atom is -0.480 e. The molecule has 1 unspecified atom stereocenters. The van der Waals surface area contributed by atoms with Gasteiger partial charge in [-0.15, -0.1) is 11.8 Å². The van der Waals surface area contributed by atoms with Crippen LogP contribution in [0.4, 0.5) is 5.69 Å². The van der Waals surface area contributed by atoms with Gasteiger partial charge in [-0.2, -0.15) is 0 Å². The summed E-state index contributed by atoms with van der Waals surface area (Å²) >= 11 is 13.3. The number of nitro groups is 1. The highest BCUT2D eigenvalue weighted by molar-refractivity contribution is 8.00. The number of hydrazine groups is 1. The van der Waals surface area contributed by atoms with Crippen LogP contribution in [-0.4, -0.2) is 71.1 Å². The smallest absolute Gasteiger partial charge is 0.317 e. The Hall–Kier alpha value is -3.95. The SMILES string of the molecule is O=C(CSc1cc(Cl)ccc1Cl)N[C@H]1CN2CC(S(=O)(=O)c3ccccc3)=C(C(C(=O)O)c3ccc([N+](=O)[O-])cc3)N2C1=O. The van der Waals surface area contributed by atoms with Gasteiger partial charge in [-0.1, -0.05) is 53.5 Å². The topological polar surface area (TPSA) is 167 Å². The van der Waals surface area contributed by atoms with E-state index in [9.17, 15) is 38.0 Å². The summed E-state index contributed by atoms with van der Waals surface area (Å²) in [6.45, 7) is -0.467. The molecular weight excluding hydrogens is 655 g/mol. The molecule has 2 aliphatic rings. The van der Waals surface area contributed by atoms with Crippen molar-refractivity contribution in [1.82, 2.24) is 15.3 Å². The number of halogens is 2. The second kappa shape index (κ2) is 12.6. The first-order chi connectivity index (χ1) is 20.9. The molecule has 2 N–H and O–H groups in total. The lowest BCUT2D eigenvalue weighted by Gasteiger charge is -2.26. The van der Waals surface area contributed by atoms with Gasteiger partial charge in [0, 0.05) is 28.6 Å². The molecule has 2 amide bonds. The van der Waals surface area contributed by atoms with Crippen molar-refractivity contribution in [2.24, 2.45) is 0 Å². The number of thioether (sulfide) groups is 1. The fraction of sp³-hybridized carbons (Fsp3) is 0.179. The predicted octanol–water partition coefficient (Wildman–Crippen LogP) is 4.11. The standard InChI is InChI=1S/C28H22Cl2N4O8S2/c29-17-8-11-20(30)22(12-17)43-15-24(35)31-21-13-32-14-23(44(41,42)19-4-2-1-3-5-19)26(33(32)27(21)36)25(28(37)38)16-6-9-18(10-7-16)34(39)40/h1-12,21,25H,13-15H2,(H,31,35)(H,37,38)/t21-,25?/m0/s1. The summed E-state index contributed by atoms with van der Waals surface area (Å²) in [4.78, 5) is 50.0. The van der Waals surface area contributed by atoms with Crippen LogP contribution in [0, 0.1) is 10.1 Å². The molecule has 0 bridgehead atoms. The third-order valence-corrected chi connectivity index (χ3v) is 10.6. The van der Waals surface area contributed by atoms with Gasteiger partial charge in [-0.05, 0) is 35.9 Å². The number of benzene rings is 3. The highest BCUT2D eigenvalue weighted by Gasteiger charge is 2.52. The van der Waals surface area contributed by atoms with E-state index >= 15 is 0 Å². The van der Waals surface area contributed by atoms with Crippen LogP contribution in [0.15, 0.2) is 93.2 Å². The summed E-state index contributed by atoms with van der Waals surface area (Å²) in [6.07, 6.45) is 0. The number of carboxylic acid groups (broad SMARTS) is 1. The summed E-state index contributed by atoms with van der Waals surface area (Å²) in [5.41, 5.74) is -0.596. The predicted molar refractivity (Wildman–Crippen MR) is 162 cm³/mol. The van der Waals surface area contributed by atoms with E-state index in [2.05, 4.69) is 5.32 Å². The van der Waals surface area contributed by atoms with Gasteiger partial charge in [0.15, 0.2) is 0 Å². The molecule has 12 nitrogen and oxygen atoms in total. The van der Waals surface area contributed by atoms with Gasteiger partial charge >= 0.3 is 5.97 Å². The first-order valence-electron chi connectivity index (χ1n) is 12.8. The lowest BCUT2D eigenvalue weighted by atomic mass is 9.94. The van der Waals surface area contributed by atoms with Crippen molar-refractivity contribution in [2.75, 3.05) is 18.8 Å². The molecule has 0 aliphatic carbocycles. The average molecular weight is 678 g/mol. The van der Waals surface area contributed by atoms with Crippen molar-refractivity contribution in [3.8, 4) is 0 Å². The number of fused-ring (bicyclic) bond motifs is 1. The molecule has 3 aromatic rings. The molecule has 5 rings (SSSR count). The van der Waals surface area contributed by atoms with E-state index in [1.807, 2.05) is 0 Å². The van der Waals surface area contributed by atoms with E-state index in [4.69, 9.17) is 23.2 Å². The number of hydrogen-bond donors (Lipinski definition) is 2. The van der Waals surface area contributed by atoms with Crippen LogP contribution in [0.25, 0.3) is 0 Å². The number of carbonyl (C=O) groups is 3. The van der Waals surface area contributed by atoms with Crippen LogP contribution in [0.2, 0.25) is 10.0 Å². The normalized spacial score (nSPS) is 17.5. The summed E-state index contributed by atoms with van der Waals surface area (Å²) < 4.78 is 27.6. The summed E-state index contributed by atoms with van der Waals surface area (Å²) in [5, 5.41) is 27.3. The van der Waals surface area contributed by atoms with Crippen LogP contribution in [0.1, 0.15) is 11.5 Å². The Morgan fingerprint density at radius 2 is 1.77 bits per heavy atom. The van der Waals surface area contributed by atoms with Gasteiger partial charge in [0.2, 0.25) is 15.7 Å². The van der Waals surface area contributed by atoms with Crippen molar-refractivity contribution in [3.05, 3.63) is 109 Å². The summed E-state index contributed by atoms with van der Waals surface area (Å²) in [7, 11) is -4.29. The van der Waals surface area contributed by atoms with Crippen LogP contribution >= 0.6 is 35.0 Å². The van der Waals surface area contributed by atoms with E-state index < -0.39 is 44.5 Å². The van der Waals surface area contributed by atoms with Crippen LogP contribution < -0.4 is 5.32 Å². The molecule has 2 aliphatic heterocycles. The Balaban J connectivity index is 1.48. The number of nitro benzene ring substituents is 1. The van der Waals surface area contributed by atoms with Crippen molar-refractivity contribution < 1.29 is 32.8 Å². The Labute approximate surface area is 265 Å². The number of nitrogens with zero attached hydrogens (tertiary/aromatic N) is 3. The second-order valence-corrected chi connectivity index (χ2v) is 13.6. The largest absolute Gasteiger partial charge is 0.480 e. The fourth-order valence-electron chi connectivity index (χ4n) is 4.96. The Morgan fingerprint density at radius 3 is 2.41 bits per heavy atom. The molecule has 2 heterocycles. The number of hydrogen-bond acceptors (Lipinski definition) is 9. The van der Waals surface area contributed by atoms with E-state index in [-0.39, 0.29) is 45.6 Å². The Bertz CT molecular complexity index is 1800. The third kappa shape index (κ3) is 6.16.